The molecule has 0 radical (unpaired) electrons. The Morgan fingerprint density at radius 2 is 2.11 bits per heavy atom. The van der Waals surface area contributed by atoms with Gasteiger partial charge in [0.25, 0.3) is 0 Å². The van der Waals surface area contributed by atoms with E-state index in [0.717, 1.165) is 19.4 Å². The van der Waals surface area contributed by atoms with Crippen LogP contribution in [0, 0.1) is 0 Å². The molecule has 1 saturated carbocycles. The topological polar surface area (TPSA) is 35.5 Å². The van der Waals surface area contributed by atoms with Gasteiger partial charge in [-0.1, -0.05) is 6.92 Å². The van der Waals surface area contributed by atoms with Crippen LogP contribution in [0.15, 0.2) is 0 Å². The van der Waals surface area contributed by atoms with E-state index in [4.69, 9.17) is 0 Å². The number of rotatable bonds is 6. The molecule has 18 heavy (non-hydrogen) atoms. The van der Waals surface area contributed by atoms with E-state index in [0.29, 0.717) is 12.8 Å². The first-order valence-electron chi connectivity index (χ1n) is 6.45. The maximum atomic E-state index is 12.3. The van der Waals surface area contributed by atoms with Crippen LogP contribution in [-0.2, 0) is 0 Å². The summed E-state index contributed by atoms with van der Waals surface area (Å²) in [6.07, 6.45) is -1.20. The van der Waals surface area contributed by atoms with E-state index < -0.39 is 12.7 Å². The van der Waals surface area contributed by atoms with Crippen molar-refractivity contribution in [2.45, 2.75) is 50.4 Å². The molecule has 0 heterocycles. The molecule has 6 heteroatoms. The largest absolute Gasteiger partial charge is 0.401 e. The smallest absolute Gasteiger partial charge is 0.394 e. The van der Waals surface area contributed by atoms with Gasteiger partial charge in [-0.15, -0.1) is 0 Å². The second kappa shape index (κ2) is 6.21. The Labute approximate surface area is 106 Å². The van der Waals surface area contributed by atoms with Crippen molar-refractivity contribution in [2.75, 3.05) is 26.7 Å². The van der Waals surface area contributed by atoms with E-state index in [1.807, 2.05) is 6.92 Å². The van der Waals surface area contributed by atoms with Gasteiger partial charge >= 0.3 is 6.18 Å². The van der Waals surface area contributed by atoms with E-state index >= 15 is 0 Å². The zero-order valence-electron chi connectivity index (χ0n) is 11.1. The highest BCUT2D eigenvalue weighted by atomic mass is 19.4. The van der Waals surface area contributed by atoms with Crippen LogP contribution in [0.4, 0.5) is 13.2 Å². The average molecular weight is 268 g/mol. The molecule has 108 valence electrons. The third kappa shape index (κ3) is 4.40. The highest BCUT2D eigenvalue weighted by molar-refractivity contribution is 4.99. The van der Waals surface area contributed by atoms with Crippen molar-refractivity contribution in [3.8, 4) is 0 Å². The minimum atomic E-state index is -4.16. The molecule has 1 aliphatic rings. The zero-order chi connectivity index (χ0) is 13.8. The standard InChI is InChI=1S/C12H23F3N2O/c1-3-6-16-11(9-18)5-4-10(7-11)17(2)8-12(13,14)15/h10,16,18H,3-9H2,1-2H3. The first kappa shape index (κ1) is 15.7. The number of nitrogens with zero attached hydrogens (tertiary/aromatic N) is 1. The van der Waals surface area contributed by atoms with Crippen molar-refractivity contribution in [2.24, 2.45) is 0 Å². The molecule has 0 spiro atoms. The summed E-state index contributed by atoms with van der Waals surface area (Å²) in [5, 5.41) is 12.8. The first-order chi connectivity index (χ1) is 8.32. The predicted octanol–water partition coefficient (Wildman–Crippen LogP) is 1.76. The van der Waals surface area contributed by atoms with Crippen LogP contribution in [-0.4, -0.2) is 54.5 Å². The molecular weight excluding hydrogens is 245 g/mol. The van der Waals surface area contributed by atoms with Crippen molar-refractivity contribution in [3.05, 3.63) is 0 Å². The first-order valence-corrected chi connectivity index (χ1v) is 6.45. The number of aliphatic hydroxyl groups is 1. The summed E-state index contributed by atoms with van der Waals surface area (Å²) in [7, 11) is 1.51. The Kier molecular flexibility index (Phi) is 5.43. The lowest BCUT2D eigenvalue weighted by molar-refractivity contribution is -0.147. The van der Waals surface area contributed by atoms with Crippen molar-refractivity contribution < 1.29 is 18.3 Å². The SMILES string of the molecule is CCCNC1(CO)CCC(N(C)CC(F)(F)F)C1. The third-order valence-corrected chi connectivity index (χ3v) is 3.69. The van der Waals surface area contributed by atoms with Gasteiger partial charge in [-0.05, 0) is 39.3 Å². The van der Waals surface area contributed by atoms with Gasteiger partial charge in [0.1, 0.15) is 0 Å². The van der Waals surface area contributed by atoms with Crippen LogP contribution in [0.1, 0.15) is 32.6 Å². The van der Waals surface area contributed by atoms with Gasteiger partial charge in [0.2, 0.25) is 0 Å². The summed E-state index contributed by atoms with van der Waals surface area (Å²) in [6.45, 7) is 1.92. The number of halogens is 3. The molecule has 0 saturated heterocycles. The molecule has 3 nitrogen and oxygen atoms in total. The summed E-state index contributed by atoms with van der Waals surface area (Å²) in [6, 6.07) is -0.108. The van der Waals surface area contributed by atoms with E-state index in [1.165, 1.54) is 11.9 Å². The van der Waals surface area contributed by atoms with Crippen molar-refractivity contribution in [1.29, 1.82) is 0 Å². The third-order valence-electron chi connectivity index (χ3n) is 3.69. The van der Waals surface area contributed by atoms with Gasteiger partial charge in [0, 0.05) is 11.6 Å². The van der Waals surface area contributed by atoms with Crippen molar-refractivity contribution >= 4 is 0 Å². The maximum Gasteiger partial charge on any atom is 0.401 e. The van der Waals surface area contributed by atoms with E-state index in [2.05, 4.69) is 5.32 Å². The van der Waals surface area contributed by atoms with Crippen LogP contribution in [0.2, 0.25) is 0 Å². The molecule has 0 aromatic carbocycles. The second-order valence-corrected chi connectivity index (χ2v) is 5.29. The van der Waals surface area contributed by atoms with E-state index in [9.17, 15) is 18.3 Å². The maximum absolute atomic E-state index is 12.3. The Morgan fingerprint density at radius 3 is 2.61 bits per heavy atom. The number of alkyl halides is 3. The van der Waals surface area contributed by atoms with E-state index in [1.54, 1.807) is 0 Å². The molecule has 1 rings (SSSR count). The number of aliphatic hydroxyl groups excluding tert-OH is 1. The van der Waals surface area contributed by atoms with Crippen LogP contribution < -0.4 is 5.32 Å². The molecule has 0 amide bonds. The fourth-order valence-corrected chi connectivity index (χ4v) is 2.64. The molecule has 0 aromatic rings. The normalized spacial score (nSPS) is 29.2. The van der Waals surface area contributed by atoms with Crippen LogP contribution in [0.3, 0.4) is 0 Å². The Balaban J connectivity index is 2.52. The van der Waals surface area contributed by atoms with Gasteiger partial charge in [0.15, 0.2) is 0 Å². The number of nitrogens with one attached hydrogen (secondary N) is 1. The lowest BCUT2D eigenvalue weighted by Crippen LogP contribution is -2.48. The fraction of sp³-hybridized carbons (Fsp3) is 1.00. The van der Waals surface area contributed by atoms with Crippen LogP contribution in [0.5, 0.6) is 0 Å². The quantitative estimate of drug-likeness (QED) is 0.770. The van der Waals surface area contributed by atoms with Gasteiger partial charge in [-0.3, -0.25) is 4.90 Å². The molecule has 0 bridgehead atoms. The molecule has 1 fully saturated rings. The molecule has 0 aliphatic heterocycles. The van der Waals surface area contributed by atoms with Gasteiger partial charge < -0.3 is 10.4 Å². The number of hydrogen-bond donors (Lipinski definition) is 2. The van der Waals surface area contributed by atoms with Crippen LogP contribution in [0.25, 0.3) is 0 Å². The highest BCUT2D eigenvalue weighted by Gasteiger charge is 2.41. The highest BCUT2D eigenvalue weighted by Crippen LogP contribution is 2.33. The summed E-state index contributed by atoms with van der Waals surface area (Å²) in [5.74, 6) is 0. The molecular formula is C12H23F3N2O. The summed E-state index contributed by atoms with van der Waals surface area (Å²) in [4.78, 5) is 1.35. The fourth-order valence-electron chi connectivity index (χ4n) is 2.64. The Morgan fingerprint density at radius 1 is 1.44 bits per heavy atom. The molecule has 1 aliphatic carbocycles. The molecule has 2 N–H and O–H groups in total. The zero-order valence-corrected chi connectivity index (χ0v) is 11.1. The summed E-state index contributed by atoms with van der Waals surface area (Å²) < 4.78 is 37.0. The second-order valence-electron chi connectivity index (χ2n) is 5.29. The summed E-state index contributed by atoms with van der Waals surface area (Å²) in [5.41, 5.74) is -0.388. The monoisotopic (exact) mass is 268 g/mol. The predicted molar refractivity (Wildman–Crippen MR) is 64.4 cm³/mol. The van der Waals surface area contributed by atoms with Gasteiger partial charge in [-0.2, -0.15) is 13.2 Å². The van der Waals surface area contributed by atoms with E-state index in [-0.39, 0.29) is 18.2 Å². The summed E-state index contributed by atoms with van der Waals surface area (Å²) >= 11 is 0. The van der Waals surface area contributed by atoms with Crippen molar-refractivity contribution in [3.63, 3.8) is 0 Å². The average Bonchev–Trinajstić information content (AvgIpc) is 2.69. The lowest BCUT2D eigenvalue weighted by Gasteiger charge is -2.31. The van der Waals surface area contributed by atoms with Crippen molar-refractivity contribution in [1.82, 2.24) is 10.2 Å². The Bertz CT molecular complexity index is 260. The number of hydrogen-bond acceptors (Lipinski definition) is 3. The molecule has 0 aromatic heterocycles. The van der Waals surface area contributed by atoms with Crippen LogP contribution >= 0.6 is 0 Å². The molecule has 2 atom stereocenters. The molecule has 2 unspecified atom stereocenters. The Hall–Kier alpha value is -0.330. The lowest BCUT2D eigenvalue weighted by atomic mass is 9.98. The minimum Gasteiger partial charge on any atom is -0.394 e. The minimum absolute atomic E-state index is 0.0106. The van der Waals surface area contributed by atoms with Gasteiger partial charge in [-0.25, -0.2) is 0 Å². The van der Waals surface area contributed by atoms with Gasteiger partial charge in [0.05, 0.1) is 13.2 Å².